The van der Waals surface area contributed by atoms with E-state index in [1.807, 2.05) is 49.7 Å². The molecule has 0 spiro atoms. The minimum Gasteiger partial charge on any atom is -0.494 e. The van der Waals surface area contributed by atoms with Crippen molar-refractivity contribution in [2.45, 2.75) is 13.3 Å². The smallest absolute Gasteiger partial charge is 0.146 e. The number of quaternary nitrogens is 1. The normalized spacial score (nSPS) is 15.8. The van der Waals surface area contributed by atoms with Gasteiger partial charge in [0, 0.05) is 44.0 Å². The topological polar surface area (TPSA) is 53.9 Å². The quantitative estimate of drug-likeness (QED) is 0.438. The molecule has 142 valence electrons. The first-order valence-electron chi connectivity index (χ1n) is 9.05. The van der Waals surface area contributed by atoms with Crippen LogP contribution in [0.3, 0.4) is 0 Å². The predicted octanol–water partition coefficient (Wildman–Crippen LogP) is 2.00. The van der Waals surface area contributed by atoms with Crippen LogP contribution in [0.1, 0.15) is 13.3 Å². The predicted molar refractivity (Wildman–Crippen MR) is 108 cm³/mol. The number of benzene rings is 1. The summed E-state index contributed by atoms with van der Waals surface area (Å²) in [7, 11) is 5.65. The first kappa shape index (κ1) is 20.0. The molecule has 0 aliphatic carbocycles. The van der Waals surface area contributed by atoms with Crippen molar-refractivity contribution in [1.29, 1.82) is 0 Å². The van der Waals surface area contributed by atoms with E-state index >= 15 is 0 Å². The zero-order chi connectivity index (χ0) is 18.8. The van der Waals surface area contributed by atoms with Gasteiger partial charge in [0.1, 0.15) is 11.4 Å². The number of rotatable bonds is 8. The summed E-state index contributed by atoms with van der Waals surface area (Å²) in [6.45, 7) is 5.39. The third-order valence-corrected chi connectivity index (χ3v) is 4.17. The number of hydrazone groups is 1. The molecule has 2 N–H and O–H groups in total. The minimum absolute atomic E-state index is 0.770. The van der Waals surface area contributed by atoms with Gasteiger partial charge in [-0.2, -0.15) is 5.10 Å². The molecule has 26 heavy (non-hydrogen) atoms. The van der Waals surface area contributed by atoms with Crippen LogP contribution >= 0.6 is 0 Å². The van der Waals surface area contributed by atoms with Gasteiger partial charge in [-0.3, -0.25) is 5.01 Å². The molecule has 0 atom stereocenters. The van der Waals surface area contributed by atoms with Crippen molar-refractivity contribution < 1.29 is 14.8 Å². The molecule has 1 fully saturated rings. The van der Waals surface area contributed by atoms with Crippen LogP contribution in [0, 0.1) is 0 Å². The van der Waals surface area contributed by atoms with Gasteiger partial charge in [0.05, 0.1) is 33.6 Å². The molecular weight excluding hydrogens is 328 g/mol. The number of nitrogens with two attached hydrogens (primary N) is 1. The van der Waals surface area contributed by atoms with Gasteiger partial charge >= 0.3 is 0 Å². The van der Waals surface area contributed by atoms with Crippen LogP contribution < -0.4 is 20.0 Å². The van der Waals surface area contributed by atoms with Crippen molar-refractivity contribution in [3.63, 3.8) is 0 Å². The van der Waals surface area contributed by atoms with Crippen molar-refractivity contribution in [3.05, 3.63) is 42.6 Å². The van der Waals surface area contributed by atoms with Crippen LogP contribution in [-0.2, 0) is 4.74 Å². The van der Waals surface area contributed by atoms with Gasteiger partial charge in [-0.05, 0) is 25.1 Å². The zero-order valence-corrected chi connectivity index (χ0v) is 16.3. The standard InChI is InChI=1S/C20H30N4O2/c1-17(8-6-5-7-11-21-2)22-23(3)19-10-9-18(16-20(19)25-4)24-12-14-26-15-13-24/h5-7,9-11,16,21H,8,12-15H2,1-4H3/p+1/b6-5-,11-7-,22-17+. The lowest BCUT2D eigenvalue weighted by atomic mass is 10.2. The van der Waals surface area contributed by atoms with Gasteiger partial charge in [0.15, 0.2) is 0 Å². The highest BCUT2D eigenvalue weighted by atomic mass is 16.5. The molecule has 0 radical (unpaired) electrons. The SMILES string of the molecule is C[NH2+]/C=C\C=C/C/C(C)=N/N(C)c1ccc(N2CCOCC2)cc1OC. The Kier molecular flexibility index (Phi) is 8.18. The molecular formula is C20H31N4O2+. The molecule has 1 heterocycles. The molecule has 6 nitrogen and oxygen atoms in total. The Balaban J connectivity index is 2.07. The van der Waals surface area contributed by atoms with E-state index in [0.717, 1.165) is 55.6 Å². The summed E-state index contributed by atoms with van der Waals surface area (Å²) < 4.78 is 11.0. The van der Waals surface area contributed by atoms with Crippen molar-refractivity contribution in [3.8, 4) is 5.75 Å². The van der Waals surface area contributed by atoms with Crippen LogP contribution in [0.2, 0.25) is 0 Å². The first-order chi connectivity index (χ1) is 12.7. The largest absolute Gasteiger partial charge is 0.494 e. The van der Waals surface area contributed by atoms with E-state index in [2.05, 4.69) is 34.3 Å². The number of hydrogen-bond acceptors (Lipinski definition) is 5. The number of hydrogen-bond donors (Lipinski definition) is 1. The summed E-state index contributed by atoms with van der Waals surface area (Å²) in [6.07, 6.45) is 8.98. The lowest BCUT2D eigenvalue weighted by molar-refractivity contribution is -0.556. The molecule has 6 heteroatoms. The van der Waals surface area contributed by atoms with E-state index in [4.69, 9.17) is 9.47 Å². The molecule has 0 unspecified atom stereocenters. The molecule has 0 bridgehead atoms. The Labute approximate surface area is 156 Å². The van der Waals surface area contributed by atoms with Crippen LogP contribution in [0.15, 0.2) is 47.7 Å². The fourth-order valence-electron chi connectivity index (χ4n) is 2.80. The molecule has 1 aliphatic heterocycles. The van der Waals surface area contributed by atoms with Crippen molar-refractivity contribution in [2.24, 2.45) is 5.10 Å². The van der Waals surface area contributed by atoms with Crippen LogP contribution in [0.4, 0.5) is 11.4 Å². The average molecular weight is 359 g/mol. The van der Waals surface area contributed by atoms with E-state index in [1.54, 1.807) is 7.11 Å². The second-order valence-corrected chi connectivity index (χ2v) is 6.16. The van der Waals surface area contributed by atoms with E-state index < -0.39 is 0 Å². The van der Waals surface area contributed by atoms with E-state index in [9.17, 15) is 0 Å². The highest BCUT2D eigenvalue weighted by Gasteiger charge is 2.15. The molecule has 1 aliphatic rings. The van der Waals surface area contributed by atoms with Gasteiger partial charge < -0.3 is 19.7 Å². The van der Waals surface area contributed by atoms with Crippen molar-refractivity contribution in [1.82, 2.24) is 0 Å². The Morgan fingerprint density at radius 1 is 1.35 bits per heavy atom. The lowest BCUT2D eigenvalue weighted by Crippen LogP contribution is -2.72. The number of anilines is 2. The van der Waals surface area contributed by atoms with Crippen molar-refractivity contribution >= 4 is 17.1 Å². The summed E-state index contributed by atoms with van der Waals surface area (Å²) in [6, 6.07) is 6.26. The molecule has 2 rings (SSSR count). The highest BCUT2D eigenvalue weighted by molar-refractivity contribution is 5.84. The summed E-state index contributed by atoms with van der Waals surface area (Å²) in [5.41, 5.74) is 3.15. The molecule has 1 aromatic carbocycles. The average Bonchev–Trinajstić information content (AvgIpc) is 2.68. The maximum Gasteiger partial charge on any atom is 0.146 e. The molecule has 1 saturated heterocycles. The molecule has 0 saturated carbocycles. The first-order valence-corrected chi connectivity index (χ1v) is 9.05. The molecule has 0 aromatic heterocycles. The van der Waals surface area contributed by atoms with Crippen LogP contribution in [0.5, 0.6) is 5.75 Å². The fraction of sp³-hybridized carbons (Fsp3) is 0.450. The number of allylic oxidation sites excluding steroid dienone is 3. The van der Waals surface area contributed by atoms with Gasteiger partial charge in [0.2, 0.25) is 0 Å². The number of methoxy groups -OCH3 is 1. The Morgan fingerprint density at radius 3 is 2.81 bits per heavy atom. The van der Waals surface area contributed by atoms with E-state index in [1.165, 1.54) is 0 Å². The Hall–Kier alpha value is -2.31. The van der Waals surface area contributed by atoms with Crippen LogP contribution in [-0.4, -0.2) is 53.2 Å². The van der Waals surface area contributed by atoms with Gasteiger partial charge in [0.25, 0.3) is 0 Å². The van der Waals surface area contributed by atoms with Crippen molar-refractivity contribution in [2.75, 3.05) is 57.4 Å². The van der Waals surface area contributed by atoms with Crippen LogP contribution in [0.25, 0.3) is 0 Å². The fourth-order valence-corrected chi connectivity index (χ4v) is 2.80. The number of morpholine rings is 1. The maximum atomic E-state index is 5.61. The van der Waals surface area contributed by atoms with E-state index in [0.29, 0.717) is 0 Å². The molecule has 0 amide bonds. The monoisotopic (exact) mass is 359 g/mol. The summed E-state index contributed by atoms with van der Waals surface area (Å²) in [5.74, 6) is 0.824. The second kappa shape index (κ2) is 10.6. The maximum absolute atomic E-state index is 5.61. The third kappa shape index (κ3) is 5.89. The summed E-state index contributed by atoms with van der Waals surface area (Å²) in [5, 5.41) is 8.55. The summed E-state index contributed by atoms with van der Waals surface area (Å²) >= 11 is 0. The van der Waals surface area contributed by atoms with Gasteiger partial charge in [-0.25, -0.2) is 0 Å². The second-order valence-electron chi connectivity index (χ2n) is 6.16. The highest BCUT2D eigenvalue weighted by Crippen LogP contribution is 2.32. The Morgan fingerprint density at radius 2 is 2.12 bits per heavy atom. The Bertz CT molecular complexity index is 649. The number of nitrogens with zero attached hydrogens (tertiary/aromatic N) is 3. The van der Waals surface area contributed by atoms with Gasteiger partial charge in [-0.1, -0.05) is 12.2 Å². The summed E-state index contributed by atoms with van der Waals surface area (Å²) in [4.78, 5) is 2.32. The number of ether oxygens (including phenoxy) is 2. The van der Waals surface area contributed by atoms with Gasteiger partial charge in [-0.15, -0.1) is 0 Å². The zero-order valence-electron chi connectivity index (χ0n) is 16.3. The van der Waals surface area contributed by atoms with E-state index in [-0.39, 0.29) is 0 Å². The minimum atomic E-state index is 0.770. The third-order valence-electron chi connectivity index (χ3n) is 4.17. The lowest BCUT2D eigenvalue weighted by Gasteiger charge is -2.29. The molecule has 1 aromatic rings.